The van der Waals surface area contributed by atoms with Gasteiger partial charge in [-0.1, -0.05) is 28.4 Å². The van der Waals surface area contributed by atoms with Crippen molar-refractivity contribution in [1.82, 2.24) is 9.21 Å². The van der Waals surface area contributed by atoms with E-state index in [0.717, 1.165) is 29.3 Å². The fourth-order valence-corrected chi connectivity index (χ4v) is 5.43. The van der Waals surface area contributed by atoms with Crippen molar-refractivity contribution in [2.24, 2.45) is 0 Å². The number of ether oxygens (including phenoxy) is 1. The number of benzene rings is 2. The molecule has 2 aromatic rings. The second-order valence-electron chi connectivity index (χ2n) is 7.11. The molecule has 1 fully saturated rings. The van der Waals surface area contributed by atoms with E-state index in [1.165, 1.54) is 10.4 Å². The molecule has 3 rings (SSSR count). The highest BCUT2D eigenvalue weighted by Crippen LogP contribution is 2.25. The fourth-order valence-electron chi connectivity index (χ4n) is 3.46. The molecule has 29 heavy (non-hydrogen) atoms. The van der Waals surface area contributed by atoms with Crippen LogP contribution in [0.2, 0.25) is 0 Å². The number of hydrogen-bond acceptors (Lipinski definition) is 4. The van der Waals surface area contributed by atoms with E-state index in [-0.39, 0.29) is 10.8 Å². The molecule has 1 amide bonds. The normalized spacial score (nSPS) is 15.1. The predicted molar refractivity (Wildman–Crippen MR) is 116 cm³/mol. The lowest BCUT2D eigenvalue weighted by Gasteiger charge is -2.26. The van der Waals surface area contributed by atoms with E-state index in [2.05, 4.69) is 15.9 Å². The third-order valence-electron chi connectivity index (χ3n) is 5.03. The first-order chi connectivity index (χ1) is 13.8. The van der Waals surface area contributed by atoms with Gasteiger partial charge in [0, 0.05) is 42.3 Å². The Kier molecular flexibility index (Phi) is 6.97. The summed E-state index contributed by atoms with van der Waals surface area (Å²) in [6.07, 6.45) is 2.79. The summed E-state index contributed by atoms with van der Waals surface area (Å²) in [4.78, 5) is 14.7. The van der Waals surface area contributed by atoms with Gasteiger partial charge in [0.1, 0.15) is 5.75 Å². The Morgan fingerprint density at radius 2 is 1.86 bits per heavy atom. The Morgan fingerprint density at radius 3 is 2.55 bits per heavy atom. The Morgan fingerprint density at radius 1 is 1.14 bits per heavy atom. The first-order valence-electron chi connectivity index (χ1n) is 9.51. The standard InChI is InChI=1S/C21H25BrN2O4S/c1-23(15-17-13-18(22)9-10-20(17)28-2)21(25)16-7-6-8-19(14-16)29(26,27)24-11-4-3-5-12-24/h6-10,13-14H,3-5,11-12,15H2,1-2H3. The van der Waals surface area contributed by atoms with Gasteiger partial charge >= 0.3 is 0 Å². The molecule has 0 unspecified atom stereocenters. The van der Waals surface area contributed by atoms with Gasteiger partial charge in [0.2, 0.25) is 10.0 Å². The number of hydrogen-bond donors (Lipinski definition) is 0. The smallest absolute Gasteiger partial charge is 0.253 e. The zero-order valence-electron chi connectivity index (χ0n) is 16.6. The molecule has 0 aliphatic carbocycles. The molecule has 0 spiro atoms. The van der Waals surface area contributed by atoms with Crippen LogP contribution < -0.4 is 4.74 Å². The molecule has 156 valence electrons. The topological polar surface area (TPSA) is 66.9 Å². The average Bonchev–Trinajstić information content (AvgIpc) is 2.74. The van der Waals surface area contributed by atoms with Crippen LogP contribution in [-0.2, 0) is 16.6 Å². The van der Waals surface area contributed by atoms with Crippen LogP contribution >= 0.6 is 15.9 Å². The van der Waals surface area contributed by atoms with Gasteiger partial charge in [-0.05, 0) is 49.2 Å². The van der Waals surface area contributed by atoms with E-state index in [4.69, 9.17) is 4.74 Å². The molecule has 0 N–H and O–H groups in total. The number of sulfonamides is 1. The van der Waals surface area contributed by atoms with Crippen LogP contribution in [0.4, 0.5) is 0 Å². The Hall–Kier alpha value is -1.90. The summed E-state index contributed by atoms with van der Waals surface area (Å²) in [6.45, 7) is 1.40. The Labute approximate surface area is 180 Å². The molecule has 0 bridgehead atoms. The first-order valence-corrected chi connectivity index (χ1v) is 11.7. The van der Waals surface area contributed by atoms with E-state index < -0.39 is 10.0 Å². The van der Waals surface area contributed by atoms with E-state index in [9.17, 15) is 13.2 Å². The van der Waals surface area contributed by atoms with Gasteiger partial charge in [-0.25, -0.2) is 8.42 Å². The van der Waals surface area contributed by atoms with Crippen LogP contribution in [0.3, 0.4) is 0 Å². The second-order valence-corrected chi connectivity index (χ2v) is 9.96. The summed E-state index contributed by atoms with van der Waals surface area (Å²) < 4.78 is 33.6. The number of carbonyl (C=O) groups is 1. The molecule has 0 aromatic heterocycles. The molecule has 1 aliphatic rings. The number of halogens is 1. The number of rotatable bonds is 6. The summed E-state index contributed by atoms with van der Waals surface area (Å²) in [6, 6.07) is 11.9. The lowest BCUT2D eigenvalue weighted by Crippen LogP contribution is -2.35. The van der Waals surface area contributed by atoms with Crippen LogP contribution in [0.1, 0.15) is 35.2 Å². The van der Waals surface area contributed by atoms with Crippen molar-refractivity contribution in [3.8, 4) is 5.75 Å². The van der Waals surface area contributed by atoms with Gasteiger partial charge < -0.3 is 9.64 Å². The first kappa shape index (κ1) is 21.8. The zero-order valence-corrected chi connectivity index (χ0v) is 19.0. The monoisotopic (exact) mass is 480 g/mol. The van der Waals surface area contributed by atoms with Gasteiger partial charge in [-0.2, -0.15) is 4.31 Å². The van der Waals surface area contributed by atoms with E-state index in [0.29, 0.717) is 30.9 Å². The van der Waals surface area contributed by atoms with Crippen LogP contribution in [0.15, 0.2) is 51.8 Å². The van der Waals surface area contributed by atoms with E-state index >= 15 is 0 Å². The minimum absolute atomic E-state index is 0.165. The van der Waals surface area contributed by atoms with Crippen molar-refractivity contribution < 1.29 is 17.9 Å². The second kappa shape index (κ2) is 9.28. The average molecular weight is 481 g/mol. The largest absolute Gasteiger partial charge is 0.496 e. The van der Waals surface area contributed by atoms with E-state index in [1.807, 2.05) is 18.2 Å². The van der Waals surface area contributed by atoms with Crippen molar-refractivity contribution in [2.45, 2.75) is 30.7 Å². The lowest BCUT2D eigenvalue weighted by atomic mass is 10.1. The minimum atomic E-state index is -3.58. The Balaban J connectivity index is 1.81. The molecule has 0 atom stereocenters. The van der Waals surface area contributed by atoms with Gasteiger partial charge in [-0.3, -0.25) is 4.79 Å². The number of methoxy groups -OCH3 is 1. The van der Waals surface area contributed by atoms with Gasteiger partial charge in [0.25, 0.3) is 5.91 Å². The van der Waals surface area contributed by atoms with Gasteiger partial charge in [0.15, 0.2) is 0 Å². The van der Waals surface area contributed by atoms with Crippen molar-refractivity contribution in [3.63, 3.8) is 0 Å². The third-order valence-corrected chi connectivity index (χ3v) is 7.42. The van der Waals surface area contributed by atoms with E-state index in [1.54, 1.807) is 37.3 Å². The number of nitrogens with zero attached hydrogens (tertiary/aromatic N) is 2. The highest BCUT2D eigenvalue weighted by atomic mass is 79.9. The zero-order chi connectivity index (χ0) is 21.0. The molecule has 1 saturated heterocycles. The maximum absolute atomic E-state index is 13.0. The molecule has 0 saturated carbocycles. The van der Waals surface area contributed by atoms with Crippen LogP contribution in [0.5, 0.6) is 5.75 Å². The SMILES string of the molecule is COc1ccc(Br)cc1CN(C)C(=O)c1cccc(S(=O)(=O)N2CCCCC2)c1. The molecule has 0 radical (unpaired) electrons. The molecule has 1 aliphatic heterocycles. The van der Waals surface area contributed by atoms with Crippen molar-refractivity contribution in [2.75, 3.05) is 27.2 Å². The maximum atomic E-state index is 13.0. The van der Waals surface area contributed by atoms with Crippen molar-refractivity contribution >= 4 is 31.9 Å². The highest BCUT2D eigenvalue weighted by molar-refractivity contribution is 9.10. The van der Waals surface area contributed by atoms with Crippen molar-refractivity contribution in [1.29, 1.82) is 0 Å². The summed E-state index contributed by atoms with van der Waals surface area (Å²) in [7, 11) is -0.307. The van der Waals surface area contributed by atoms with Crippen LogP contribution in [0, 0.1) is 0 Å². The summed E-state index contributed by atoms with van der Waals surface area (Å²) in [5.74, 6) is 0.442. The van der Waals surface area contributed by atoms with Gasteiger partial charge in [-0.15, -0.1) is 0 Å². The molecule has 8 heteroatoms. The predicted octanol–water partition coefficient (Wildman–Crippen LogP) is 3.90. The van der Waals surface area contributed by atoms with Crippen LogP contribution in [-0.4, -0.2) is 50.8 Å². The van der Waals surface area contributed by atoms with Crippen molar-refractivity contribution in [3.05, 3.63) is 58.1 Å². The van der Waals surface area contributed by atoms with Crippen LogP contribution in [0.25, 0.3) is 0 Å². The number of carbonyl (C=O) groups excluding carboxylic acids is 1. The van der Waals surface area contributed by atoms with Gasteiger partial charge in [0.05, 0.1) is 12.0 Å². The fraction of sp³-hybridized carbons (Fsp3) is 0.381. The third kappa shape index (κ3) is 4.99. The minimum Gasteiger partial charge on any atom is -0.496 e. The maximum Gasteiger partial charge on any atom is 0.253 e. The quantitative estimate of drug-likeness (QED) is 0.628. The summed E-state index contributed by atoms with van der Waals surface area (Å²) in [5, 5.41) is 0. The molecule has 2 aromatic carbocycles. The Bertz CT molecular complexity index is 988. The molecular weight excluding hydrogens is 456 g/mol. The number of piperidine rings is 1. The molecule has 1 heterocycles. The summed E-state index contributed by atoms with van der Waals surface area (Å²) in [5.41, 5.74) is 1.20. The highest BCUT2D eigenvalue weighted by Gasteiger charge is 2.27. The number of amides is 1. The molecular formula is C21H25BrN2O4S. The summed E-state index contributed by atoms with van der Waals surface area (Å²) >= 11 is 3.44. The lowest BCUT2D eigenvalue weighted by molar-refractivity contribution is 0.0784. The molecule has 6 nitrogen and oxygen atoms in total.